The standard InChI is InChI=1S/C70H116N2O6/c1-59(2)31-35-69(37-33-65(11)45(47(69)41-59)23-25-53-63(9)43-49(73)55(75)61(5,6)51(63)27-29-67(53,65)13)57(77)71-39-21-19-17-15-16-18-20-22-40-72-58(78)70-36-32-60(3,4)42-48(70)46-24-26-54-64(10)44-50(74)56(76)62(7,8)52(64)28-30-68(54,14)66(46,12)34-38-70/h23-24,47-56,73-76H,15-22,25-44H2,1-14H3,(H,71,77)(H,72,78)/t47-,48-,49+,50+,51-,52-,53+,54+,55-,56-,63-,64-,65+,66+,67+,68+,69-,70-/m0/s1. The van der Waals surface area contributed by atoms with Crippen molar-refractivity contribution in [2.24, 2.45) is 100 Å². The van der Waals surface area contributed by atoms with Gasteiger partial charge in [0.2, 0.25) is 11.8 Å². The molecule has 0 unspecified atom stereocenters. The predicted molar refractivity (Wildman–Crippen MR) is 316 cm³/mol. The Morgan fingerprint density at radius 3 is 1.13 bits per heavy atom. The Balaban J connectivity index is 0.686. The second-order valence-electron chi connectivity index (χ2n) is 34.2. The van der Waals surface area contributed by atoms with Crippen LogP contribution >= 0.6 is 0 Å². The highest BCUT2D eigenvalue weighted by Crippen LogP contribution is 2.78. The van der Waals surface area contributed by atoms with Crippen molar-refractivity contribution >= 4 is 11.8 Å². The van der Waals surface area contributed by atoms with Crippen LogP contribution in [0.15, 0.2) is 23.3 Å². The molecule has 8 nitrogen and oxygen atoms in total. The first-order valence-corrected chi connectivity index (χ1v) is 33.0. The van der Waals surface area contributed by atoms with Gasteiger partial charge in [0.1, 0.15) is 0 Å². The largest absolute Gasteiger partial charge is 0.390 e. The van der Waals surface area contributed by atoms with Gasteiger partial charge in [-0.15, -0.1) is 0 Å². The Morgan fingerprint density at radius 2 is 0.769 bits per heavy atom. The van der Waals surface area contributed by atoms with Crippen molar-refractivity contribution in [3.8, 4) is 0 Å². The van der Waals surface area contributed by atoms with Gasteiger partial charge in [-0.1, -0.05) is 159 Å². The van der Waals surface area contributed by atoms with Crippen LogP contribution < -0.4 is 10.6 Å². The quantitative estimate of drug-likeness (QED) is 0.0802. The van der Waals surface area contributed by atoms with Gasteiger partial charge in [0.05, 0.1) is 35.2 Å². The molecule has 8 heteroatoms. The maximum Gasteiger partial charge on any atom is 0.226 e. The van der Waals surface area contributed by atoms with E-state index >= 15 is 0 Å². The lowest BCUT2D eigenvalue weighted by molar-refractivity contribution is -0.231. The molecule has 8 saturated carbocycles. The fourth-order valence-corrected chi connectivity index (χ4v) is 23.6. The van der Waals surface area contributed by atoms with Crippen LogP contribution in [0.3, 0.4) is 0 Å². The maximum absolute atomic E-state index is 14.7. The van der Waals surface area contributed by atoms with Crippen LogP contribution in [-0.4, -0.2) is 69.7 Å². The Morgan fingerprint density at radius 1 is 0.436 bits per heavy atom. The average Bonchev–Trinajstić information content (AvgIpc) is 2.13. The summed E-state index contributed by atoms with van der Waals surface area (Å²) in [5, 5.41) is 52.2. The minimum atomic E-state index is -0.686. The molecule has 10 rings (SSSR count). The normalized spacial score (nSPS) is 48.3. The van der Waals surface area contributed by atoms with Crippen molar-refractivity contribution in [2.45, 2.75) is 288 Å². The lowest BCUT2D eigenvalue weighted by atomic mass is 9.33. The molecule has 10 aliphatic carbocycles. The number of aliphatic hydroxyl groups is 4. The van der Waals surface area contributed by atoms with Gasteiger partial charge in [0.15, 0.2) is 0 Å². The molecule has 0 saturated heterocycles. The first kappa shape index (κ1) is 59.4. The maximum atomic E-state index is 14.7. The summed E-state index contributed by atoms with van der Waals surface area (Å²) in [4.78, 5) is 29.5. The van der Waals surface area contributed by atoms with Gasteiger partial charge in [-0.05, 0) is 218 Å². The summed E-state index contributed by atoms with van der Waals surface area (Å²) in [6.07, 6.45) is 29.9. The zero-order valence-electron chi connectivity index (χ0n) is 52.3. The molecule has 8 fully saturated rings. The molecular formula is C70H116N2O6. The highest BCUT2D eigenvalue weighted by atomic mass is 16.3. The van der Waals surface area contributed by atoms with E-state index in [1.807, 2.05) is 0 Å². The molecule has 0 spiro atoms. The van der Waals surface area contributed by atoms with Crippen molar-refractivity contribution in [1.29, 1.82) is 0 Å². The van der Waals surface area contributed by atoms with E-state index in [1.165, 1.54) is 25.7 Å². The summed E-state index contributed by atoms with van der Waals surface area (Å²) in [6.45, 7) is 35.3. The molecule has 0 radical (unpaired) electrons. The summed E-state index contributed by atoms with van der Waals surface area (Å²) in [6, 6.07) is 0. The van der Waals surface area contributed by atoms with Crippen LogP contribution in [0.2, 0.25) is 0 Å². The van der Waals surface area contributed by atoms with Crippen molar-refractivity contribution in [1.82, 2.24) is 10.6 Å². The van der Waals surface area contributed by atoms with Gasteiger partial charge < -0.3 is 31.1 Å². The number of hydrogen-bond acceptors (Lipinski definition) is 6. The van der Waals surface area contributed by atoms with E-state index in [2.05, 4.69) is 120 Å². The van der Waals surface area contributed by atoms with E-state index in [4.69, 9.17) is 0 Å². The molecule has 2 amide bonds. The number of fused-ring (bicyclic) bond motifs is 14. The monoisotopic (exact) mass is 1080 g/mol. The molecule has 18 atom stereocenters. The molecule has 0 bridgehead atoms. The second kappa shape index (κ2) is 19.9. The molecule has 0 heterocycles. The van der Waals surface area contributed by atoms with Gasteiger partial charge in [-0.25, -0.2) is 0 Å². The fraction of sp³-hybridized carbons (Fsp3) is 0.914. The molecular weight excluding hydrogens is 965 g/mol. The smallest absolute Gasteiger partial charge is 0.226 e. The SMILES string of the molecule is CC1(C)CC[C@]2(C(=O)NCCCCCCCCCCNC(=O)[C@]34CCC(C)(C)C[C@H]3C3=CC[C@@H]5[C@@]6(C)C[C@@H](O)[C@H](O)C(C)(C)[C@@H]6CC[C@@]5(C)[C@]3(C)CC4)CC[C@]3(C)C(=CC[C@@H]4[C@@]5(C)C[C@@H](O)[C@H](O)C(C)(C)[C@@H]5CC[C@]43C)[C@@H]2C1. The molecule has 0 aromatic carbocycles. The van der Waals surface area contributed by atoms with E-state index in [9.17, 15) is 30.0 Å². The number of aliphatic hydroxyl groups excluding tert-OH is 4. The van der Waals surface area contributed by atoms with Crippen LogP contribution in [0.5, 0.6) is 0 Å². The number of hydrogen-bond donors (Lipinski definition) is 6. The number of nitrogens with one attached hydrogen (secondary N) is 2. The van der Waals surface area contributed by atoms with E-state index in [-0.39, 0.29) is 76.8 Å². The summed E-state index contributed by atoms with van der Waals surface area (Å²) < 4.78 is 0. The molecule has 0 aromatic rings. The number of carbonyl (C=O) groups excluding carboxylic acids is 2. The number of carbonyl (C=O) groups is 2. The van der Waals surface area contributed by atoms with Crippen molar-refractivity contribution < 1.29 is 30.0 Å². The van der Waals surface area contributed by atoms with Gasteiger partial charge in [-0.3, -0.25) is 9.59 Å². The third kappa shape index (κ3) is 8.76. The average molecular weight is 1080 g/mol. The van der Waals surface area contributed by atoms with E-state index in [0.717, 1.165) is 142 Å². The topological polar surface area (TPSA) is 139 Å². The van der Waals surface area contributed by atoms with Crippen LogP contribution in [-0.2, 0) is 9.59 Å². The highest BCUT2D eigenvalue weighted by Gasteiger charge is 2.72. The second-order valence-corrected chi connectivity index (χ2v) is 34.2. The van der Waals surface area contributed by atoms with Gasteiger partial charge in [0, 0.05) is 13.1 Å². The number of amides is 2. The Kier molecular flexibility index (Phi) is 15.2. The molecule has 0 aromatic heterocycles. The van der Waals surface area contributed by atoms with Gasteiger partial charge >= 0.3 is 0 Å². The van der Waals surface area contributed by atoms with E-state index < -0.39 is 24.4 Å². The van der Waals surface area contributed by atoms with Crippen LogP contribution in [0.25, 0.3) is 0 Å². The first-order chi connectivity index (χ1) is 36.3. The summed E-state index contributed by atoms with van der Waals surface area (Å²) in [5.74, 6) is 2.80. The van der Waals surface area contributed by atoms with Crippen molar-refractivity contribution in [3.63, 3.8) is 0 Å². The van der Waals surface area contributed by atoms with Crippen molar-refractivity contribution in [2.75, 3.05) is 13.1 Å². The molecule has 78 heavy (non-hydrogen) atoms. The Labute approximate surface area is 475 Å². The molecule has 6 N–H and O–H groups in total. The van der Waals surface area contributed by atoms with Crippen LogP contribution in [0, 0.1) is 100 Å². The van der Waals surface area contributed by atoms with Crippen molar-refractivity contribution in [3.05, 3.63) is 23.3 Å². The lowest BCUT2D eigenvalue weighted by Crippen LogP contribution is -2.67. The van der Waals surface area contributed by atoms with Gasteiger partial charge in [-0.2, -0.15) is 0 Å². The third-order valence-electron chi connectivity index (χ3n) is 28.7. The number of allylic oxidation sites excluding steroid dienone is 4. The molecule has 0 aliphatic heterocycles. The Bertz CT molecular complexity index is 2190. The first-order valence-electron chi connectivity index (χ1n) is 33.0. The summed E-state index contributed by atoms with van der Waals surface area (Å²) >= 11 is 0. The predicted octanol–water partition coefficient (Wildman–Crippen LogP) is 14.6. The highest BCUT2D eigenvalue weighted by molar-refractivity contribution is 5.85. The van der Waals surface area contributed by atoms with E-state index in [0.29, 0.717) is 48.3 Å². The number of unbranched alkanes of at least 4 members (excludes halogenated alkanes) is 7. The zero-order chi connectivity index (χ0) is 56.7. The van der Waals surface area contributed by atoms with Crippen LogP contribution in [0.1, 0.15) is 264 Å². The minimum Gasteiger partial charge on any atom is -0.390 e. The summed E-state index contributed by atoms with van der Waals surface area (Å²) in [5.41, 5.74) is 2.38. The molecule has 10 aliphatic rings. The lowest BCUT2D eigenvalue weighted by Gasteiger charge is -2.71. The van der Waals surface area contributed by atoms with Crippen LogP contribution in [0.4, 0.5) is 0 Å². The summed E-state index contributed by atoms with van der Waals surface area (Å²) in [7, 11) is 0. The minimum absolute atomic E-state index is 0.0165. The van der Waals surface area contributed by atoms with Gasteiger partial charge in [0.25, 0.3) is 0 Å². The fourth-order valence-electron chi connectivity index (χ4n) is 23.6. The molecule has 442 valence electrons. The zero-order valence-corrected chi connectivity index (χ0v) is 52.3. The van der Waals surface area contributed by atoms with E-state index in [1.54, 1.807) is 11.1 Å². The third-order valence-corrected chi connectivity index (χ3v) is 28.7. The number of rotatable bonds is 13. The Hall–Kier alpha value is -1.74.